The third-order valence-corrected chi connectivity index (χ3v) is 20.0. The van der Waals surface area contributed by atoms with Gasteiger partial charge in [0.15, 0.2) is 23.2 Å². The number of carbonyl (C=O) groups is 4. The number of hydrogen-bond donors (Lipinski definition) is 0. The second-order valence-corrected chi connectivity index (χ2v) is 27.2. The van der Waals surface area contributed by atoms with E-state index in [-0.39, 0.29) is 38.1 Å². The molecule has 0 aliphatic heterocycles. The predicted octanol–water partition coefficient (Wildman–Crippen LogP) is 21.8. The van der Waals surface area contributed by atoms with E-state index in [0.29, 0.717) is 139 Å². The summed E-state index contributed by atoms with van der Waals surface area (Å²) < 4.78 is 27.6. The molecule has 0 bridgehead atoms. The van der Waals surface area contributed by atoms with E-state index in [0.717, 1.165) is 33.4 Å². The maximum atomic E-state index is 14.0. The van der Waals surface area contributed by atoms with Crippen molar-refractivity contribution >= 4 is 73.2 Å². The maximum Gasteiger partial charge on any atom is 0.338 e. The van der Waals surface area contributed by atoms with E-state index in [9.17, 15) is 29.7 Å². The highest BCUT2D eigenvalue weighted by Crippen LogP contribution is 2.43. The quantitative estimate of drug-likeness (QED) is 0.0396. The third-order valence-electron chi connectivity index (χ3n) is 20.0. The second-order valence-electron chi connectivity index (χ2n) is 27.2. The number of esters is 4. The Balaban J connectivity index is 0.839. The monoisotopic (exact) mass is 1480 g/mol. The summed E-state index contributed by atoms with van der Waals surface area (Å²) in [7, 11) is 0. The van der Waals surface area contributed by atoms with Crippen molar-refractivity contribution in [1.82, 2.24) is 24.1 Å². The first-order chi connectivity index (χ1) is 56.0. The molecule has 0 aliphatic rings. The number of hydrogen-bond acceptors (Lipinski definition) is 13. The molecular formula is C98H62N8O8. The molecule has 3 heterocycles. The van der Waals surface area contributed by atoms with E-state index in [1.165, 1.54) is 0 Å². The standard InChI is InChI=1S/C98H62N8O8/c1-101-77-27-15-26-72(49-77)83-55-79(106-90-46-38-75(97(109)113-60-65-20-10-4-11-21-65)52-86(90)87-53-76(39-47-91(87)106)98(110)114-61-66-22-12-5-13-23-66)41-43-81(83)94-103-92(70-34-32-69(33-35-70)68-30-28-62(56-99)29-31-68)102-93(104-94)80-42-40-78(54-82(80)71-25-14-24-67(48-71)57-100)105-88-44-36-73(95(107)111-58-63-16-6-2-7-17-63)50-84(88)85-51-74(37-45-89(85)105)96(108)112-59-64-18-8-3-9-19-64/h2-55H,58-61H2. The third kappa shape index (κ3) is 14.6. The molecule has 0 atom stereocenters. The lowest BCUT2D eigenvalue weighted by molar-refractivity contribution is 0.0464. The maximum absolute atomic E-state index is 14.0. The fourth-order valence-electron chi connectivity index (χ4n) is 14.3. The molecule has 114 heavy (non-hydrogen) atoms. The Morgan fingerprint density at radius 1 is 0.307 bits per heavy atom. The minimum absolute atomic E-state index is 0.0592. The summed E-state index contributed by atoms with van der Waals surface area (Å²) in [4.78, 5) is 76.3. The van der Waals surface area contributed by atoms with Gasteiger partial charge in [0.05, 0.1) is 74.2 Å². The summed E-state index contributed by atoms with van der Waals surface area (Å²) in [5.74, 6) is -1.29. The van der Waals surface area contributed by atoms with Crippen LogP contribution in [0.15, 0.2) is 328 Å². The van der Waals surface area contributed by atoms with Gasteiger partial charge in [0, 0.05) is 49.6 Å². The number of carbonyl (C=O) groups excluding carboxylic acids is 4. The number of benzene rings is 14. The zero-order chi connectivity index (χ0) is 77.6. The summed E-state index contributed by atoms with van der Waals surface area (Å²) in [6, 6.07) is 105. The topological polar surface area (TPSA) is 206 Å². The van der Waals surface area contributed by atoms with E-state index >= 15 is 0 Å². The van der Waals surface area contributed by atoms with Crippen LogP contribution in [-0.4, -0.2) is 48.0 Å². The van der Waals surface area contributed by atoms with Gasteiger partial charge >= 0.3 is 23.9 Å². The lowest BCUT2D eigenvalue weighted by atomic mass is 9.96. The number of fused-ring (bicyclic) bond motifs is 6. The van der Waals surface area contributed by atoms with E-state index in [2.05, 4.69) is 26.1 Å². The number of nitrogens with zero attached hydrogens (tertiary/aromatic N) is 8. The molecule has 0 spiro atoms. The van der Waals surface area contributed by atoms with Crippen molar-refractivity contribution < 1.29 is 38.1 Å². The van der Waals surface area contributed by atoms with Crippen molar-refractivity contribution in [3.63, 3.8) is 0 Å². The van der Waals surface area contributed by atoms with Crippen molar-refractivity contribution in [2.24, 2.45) is 0 Å². The predicted molar refractivity (Wildman–Crippen MR) is 439 cm³/mol. The van der Waals surface area contributed by atoms with Gasteiger partial charge < -0.3 is 28.1 Å². The highest BCUT2D eigenvalue weighted by Gasteiger charge is 2.26. The van der Waals surface area contributed by atoms with Gasteiger partial charge in [0.25, 0.3) is 0 Å². The normalized spacial score (nSPS) is 11.1. The van der Waals surface area contributed by atoms with Crippen LogP contribution < -0.4 is 0 Å². The lowest BCUT2D eigenvalue weighted by Gasteiger charge is -2.17. The van der Waals surface area contributed by atoms with Crippen LogP contribution >= 0.6 is 0 Å². The second kappa shape index (κ2) is 31.3. The van der Waals surface area contributed by atoms with Crippen LogP contribution in [0, 0.1) is 29.2 Å². The number of aromatic nitrogens is 5. The van der Waals surface area contributed by atoms with E-state index in [1.54, 1.807) is 72.8 Å². The Hall–Kier alpha value is -16.0. The zero-order valence-electron chi connectivity index (χ0n) is 60.8. The Labute approximate surface area is 654 Å². The van der Waals surface area contributed by atoms with Crippen molar-refractivity contribution in [3.8, 4) is 91.1 Å². The summed E-state index contributed by atoms with van der Waals surface area (Å²) >= 11 is 0. The van der Waals surface area contributed by atoms with E-state index in [1.807, 2.05) is 255 Å². The van der Waals surface area contributed by atoms with Crippen molar-refractivity contribution in [2.45, 2.75) is 26.4 Å². The van der Waals surface area contributed by atoms with Crippen LogP contribution in [0.1, 0.15) is 74.8 Å². The SMILES string of the molecule is [C-]#[N+]c1cccc(-c2cc(-n3c4ccc(C(=O)OCc5ccccc5)cc4c4cc(C(=O)OCc5ccccc5)ccc43)ccc2-c2nc(-c3ccc(-c4ccc(C#N)cc4)cc3)nc(-c3ccc(-n4c5ccc(C(=O)OCc6ccccc6)cc5c5cc(C(=O)OCc6ccccc6)ccc54)cc3-c3cccc(C#N)c3)n2)c1. The van der Waals surface area contributed by atoms with Crippen LogP contribution in [0.3, 0.4) is 0 Å². The summed E-state index contributed by atoms with van der Waals surface area (Å²) in [6.45, 7) is 8.50. The van der Waals surface area contributed by atoms with Gasteiger partial charge in [-0.3, -0.25) is 0 Å². The van der Waals surface area contributed by atoms with Gasteiger partial charge in [-0.25, -0.2) is 39.0 Å². The summed E-state index contributed by atoms with van der Waals surface area (Å²) in [5, 5.41) is 22.9. The summed E-state index contributed by atoms with van der Waals surface area (Å²) in [6.07, 6.45) is 0. The molecule has 0 saturated carbocycles. The van der Waals surface area contributed by atoms with Crippen molar-refractivity contribution in [3.05, 3.63) is 395 Å². The molecule has 14 aromatic carbocycles. The fourth-order valence-corrected chi connectivity index (χ4v) is 14.3. The van der Waals surface area contributed by atoms with E-state index in [4.69, 9.17) is 40.5 Å². The highest BCUT2D eigenvalue weighted by atomic mass is 16.5. The largest absolute Gasteiger partial charge is 0.457 e. The molecule has 17 aromatic rings. The minimum Gasteiger partial charge on any atom is -0.457 e. The Morgan fingerprint density at radius 2 is 0.649 bits per heavy atom. The van der Waals surface area contributed by atoms with Gasteiger partial charge in [-0.2, -0.15) is 10.5 Å². The average molecular weight is 1480 g/mol. The zero-order valence-corrected chi connectivity index (χ0v) is 60.8. The number of nitriles is 2. The minimum atomic E-state index is -0.531. The first kappa shape index (κ1) is 71.0. The molecule has 3 aromatic heterocycles. The molecule has 0 fully saturated rings. The Bertz CT molecular complexity index is 6200. The first-order valence-corrected chi connectivity index (χ1v) is 36.6. The van der Waals surface area contributed by atoms with Crippen LogP contribution in [0.4, 0.5) is 5.69 Å². The molecule has 542 valence electrons. The van der Waals surface area contributed by atoms with Gasteiger partial charge in [-0.1, -0.05) is 188 Å². The molecule has 16 heteroatoms. The average Bonchev–Trinajstić information content (AvgIpc) is 1.53. The van der Waals surface area contributed by atoms with Crippen LogP contribution in [0.5, 0.6) is 0 Å². The van der Waals surface area contributed by atoms with Gasteiger partial charge in [-0.15, -0.1) is 0 Å². The lowest BCUT2D eigenvalue weighted by Crippen LogP contribution is -2.05. The molecule has 0 amide bonds. The fraction of sp³-hybridized carbons (Fsp3) is 0.0408. The molecule has 0 unspecified atom stereocenters. The van der Waals surface area contributed by atoms with Crippen molar-refractivity contribution in [1.29, 1.82) is 10.5 Å². The van der Waals surface area contributed by atoms with E-state index < -0.39 is 23.9 Å². The van der Waals surface area contributed by atoms with Crippen molar-refractivity contribution in [2.75, 3.05) is 0 Å². The molecule has 0 radical (unpaired) electrons. The van der Waals surface area contributed by atoms with Gasteiger partial charge in [-0.05, 0) is 195 Å². The Kier molecular flexibility index (Phi) is 19.5. The molecule has 16 nitrogen and oxygen atoms in total. The smallest absolute Gasteiger partial charge is 0.338 e. The molecular weight excluding hydrogens is 1420 g/mol. The molecule has 0 aliphatic carbocycles. The van der Waals surface area contributed by atoms with Gasteiger partial charge in [0.1, 0.15) is 26.4 Å². The molecule has 0 saturated heterocycles. The number of rotatable bonds is 20. The number of ether oxygens (including phenoxy) is 4. The van der Waals surface area contributed by atoms with Gasteiger partial charge in [0.2, 0.25) is 0 Å². The highest BCUT2D eigenvalue weighted by molar-refractivity contribution is 6.15. The molecule has 0 N–H and O–H groups in total. The Morgan fingerprint density at radius 3 is 1.02 bits per heavy atom. The molecule has 17 rings (SSSR count). The van der Waals surface area contributed by atoms with Crippen LogP contribution in [0.25, 0.3) is 127 Å². The van der Waals surface area contributed by atoms with Crippen LogP contribution in [0.2, 0.25) is 0 Å². The first-order valence-electron chi connectivity index (χ1n) is 36.6. The van der Waals surface area contributed by atoms with Crippen LogP contribution in [-0.2, 0) is 45.4 Å². The summed E-state index contributed by atoms with van der Waals surface area (Å²) in [5.41, 5.74) is 16.1.